The van der Waals surface area contributed by atoms with Crippen molar-refractivity contribution in [2.45, 2.75) is 19.6 Å². The maximum absolute atomic E-state index is 13.4. The number of alkyl halides is 3. The fourth-order valence-corrected chi connectivity index (χ4v) is 4.42. The van der Waals surface area contributed by atoms with Crippen LogP contribution >= 0.6 is 0 Å². The first-order chi connectivity index (χ1) is 19.1. The Morgan fingerprint density at radius 2 is 1.80 bits per heavy atom. The van der Waals surface area contributed by atoms with Crippen LogP contribution in [-0.4, -0.2) is 64.9 Å². The lowest BCUT2D eigenvalue weighted by atomic mass is 10.1. The van der Waals surface area contributed by atoms with E-state index in [0.717, 1.165) is 6.07 Å². The third-order valence-electron chi connectivity index (χ3n) is 6.54. The molecule has 0 saturated carbocycles. The van der Waals surface area contributed by atoms with Crippen molar-refractivity contribution in [1.82, 2.24) is 19.8 Å². The Morgan fingerprint density at radius 1 is 1.10 bits per heavy atom. The molecule has 3 aromatic rings. The standard InChI is InChI=1S/C27H29F3N6O4/c1-16(5-3-4-10-31)25(37)35-11-13-36(14-12-35)26(38)23-20(15-32)40-24(34-23)18-6-8-19(39-2)22-17(18)7-9-21(33-22)27(28,29)30/h3-10,16H,11-15,31-32H2,1-2H3/b5-3-,10-4-. The first kappa shape index (κ1) is 28.6. The number of ether oxygens (including phenoxy) is 1. The van der Waals surface area contributed by atoms with Crippen LogP contribution in [0.15, 0.2) is 53.1 Å². The Labute approximate surface area is 228 Å². The number of methoxy groups -OCH3 is 1. The lowest BCUT2D eigenvalue weighted by molar-refractivity contribution is -0.141. The summed E-state index contributed by atoms with van der Waals surface area (Å²) in [6.07, 6.45) is 1.81. The number of carbonyl (C=O) groups is 2. The predicted octanol–water partition coefficient (Wildman–Crippen LogP) is 3.33. The van der Waals surface area contributed by atoms with Gasteiger partial charge in [-0.2, -0.15) is 13.2 Å². The van der Waals surface area contributed by atoms with Gasteiger partial charge in [0, 0.05) is 37.1 Å². The number of oxazole rings is 1. The van der Waals surface area contributed by atoms with Crippen molar-refractivity contribution in [3.8, 4) is 17.2 Å². The van der Waals surface area contributed by atoms with E-state index in [2.05, 4.69) is 9.97 Å². The molecule has 0 radical (unpaired) electrons. The van der Waals surface area contributed by atoms with Gasteiger partial charge in [0.1, 0.15) is 17.0 Å². The van der Waals surface area contributed by atoms with Gasteiger partial charge in [0.05, 0.1) is 19.6 Å². The summed E-state index contributed by atoms with van der Waals surface area (Å²) in [5, 5.41) is 0.299. The molecule has 40 heavy (non-hydrogen) atoms. The first-order valence-corrected chi connectivity index (χ1v) is 12.5. The van der Waals surface area contributed by atoms with Crippen LogP contribution in [0, 0.1) is 5.92 Å². The molecular formula is C27H29F3N6O4. The largest absolute Gasteiger partial charge is 0.494 e. The molecule has 1 fully saturated rings. The van der Waals surface area contributed by atoms with E-state index in [0.29, 0.717) is 24.0 Å². The minimum absolute atomic E-state index is 0.00554. The van der Waals surface area contributed by atoms with Gasteiger partial charge in [-0.3, -0.25) is 9.59 Å². The molecule has 13 heteroatoms. The maximum Gasteiger partial charge on any atom is 0.433 e. The van der Waals surface area contributed by atoms with E-state index in [1.807, 2.05) is 0 Å². The number of fused-ring (bicyclic) bond motifs is 1. The molecule has 4 rings (SSSR count). The Bertz CT molecular complexity index is 1460. The molecule has 1 unspecified atom stereocenters. The third kappa shape index (κ3) is 5.78. The van der Waals surface area contributed by atoms with Crippen LogP contribution in [-0.2, 0) is 17.5 Å². The summed E-state index contributed by atoms with van der Waals surface area (Å²) in [4.78, 5) is 37.5. The SMILES string of the molecule is COc1ccc(-c2nc(C(=O)N3CCN(C(=O)C(C)/C=C\C=C/N)CC3)c(CN)o2)c2ccc(C(F)(F)F)nc12. The number of carbonyl (C=O) groups excluding carboxylic acids is 2. The molecule has 0 aliphatic carbocycles. The summed E-state index contributed by atoms with van der Waals surface area (Å²) >= 11 is 0. The molecular weight excluding hydrogens is 529 g/mol. The molecule has 3 heterocycles. The Balaban J connectivity index is 1.58. The maximum atomic E-state index is 13.4. The molecule has 4 N–H and O–H groups in total. The molecule has 1 saturated heterocycles. The van der Waals surface area contributed by atoms with E-state index in [9.17, 15) is 22.8 Å². The van der Waals surface area contributed by atoms with Gasteiger partial charge < -0.3 is 30.4 Å². The van der Waals surface area contributed by atoms with Crippen molar-refractivity contribution in [1.29, 1.82) is 0 Å². The van der Waals surface area contributed by atoms with E-state index in [-0.39, 0.29) is 60.1 Å². The van der Waals surface area contributed by atoms with Gasteiger partial charge in [-0.1, -0.05) is 19.1 Å². The summed E-state index contributed by atoms with van der Waals surface area (Å²) in [6, 6.07) is 5.14. The molecule has 0 spiro atoms. The molecule has 212 valence electrons. The molecule has 1 aliphatic rings. The fourth-order valence-electron chi connectivity index (χ4n) is 4.42. The van der Waals surface area contributed by atoms with Crippen LogP contribution in [0.4, 0.5) is 13.2 Å². The van der Waals surface area contributed by atoms with Crippen molar-refractivity contribution in [3.63, 3.8) is 0 Å². The van der Waals surface area contributed by atoms with Crippen molar-refractivity contribution < 1.29 is 31.9 Å². The van der Waals surface area contributed by atoms with Gasteiger partial charge in [0.2, 0.25) is 11.8 Å². The number of hydrogen-bond donors (Lipinski definition) is 2. The first-order valence-electron chi connectivity index (χ1n) is 12.5. The highest BCUT2D eigenvalue weighted by Gasteiger charge is 2.34. The van der Waals surface area contributed by atoms with Gasteiger partial charge in [-0.25, -0.2) is 9.97 Å². The van der Waals surface area contributed by atoms with Crippen molar-refractivity contribution in [2.75, 3.05) is 33.3 Å². The van der Waals surface area contributed by atoms with E-state index in [4.69, 9.17) is 20.6 Å². The molecule has 1 aromatic carbocycles. The second-order valence-corrected chi connectivity index (χ2v) is 9.08. The van der Waals surface area contributed by atoms with Crippen LogP contribution in [0.25, 0.3) is 22.4 Å². The minimum Gasteiger partial charge on any atom is -0.494 e. The Hall–Kier alpha value is -4.39. The quantitative estimate of drug-likeness (QED) is 0.421. The zero-order chi connectivity index (χ0) is 29.0. The number of allylic oxidation sites excluding steroid dienone is 2. The summed E-state index contributed by atoms with van der Waals surface area (Å²) in [7, 11) is 1.33. The number of piperazine rings is 1. The van der Waals surface area contributed by atoms with Crippen molar-refractivity contribution >= 4 is 22.7 Å². The van der Waals surface area contributed by atoms with Gasteiger partial charge >= 0.3 is 6.18 Å². The molecule has 1 atom stereocenters. The van der Waals surface area contributed by atoms with Crippen LogP contribution in [0.1, 0.15) is 28.9 Å². The molecule has 2 aromatic heterocycles. The monoisotopic (exact) mass is 558 g/mol. The smallest absolute Gasteiger partial charge is 0.433 e. The number of nitrogens with zero attached hydrogens (tertiary/aromatic N) is 4. The average molecular weight is 559 g/mol. The van der Waals surface area contributed by atoms with Gasteiger partial charge in [0.25, 0.3) is 5.91 Å². The van der Waals surface area contributed by atoms with E-state index < -0.39 is 17.8 Å². The second kappa shape index (κ2) is 11.8. The number of rotatable bonds is 7. The lowest BCUT2D eigenvalue weighted by Gasteiger charge is -2.35. The number of nitrogens with two attached hydrogens (primary N) is 2. The van der Waals surface area contributed by atoms with Gasteiger partial charge in [-0.05, 0) is 36.5 Å². The highest BCUT2D eigenvalue weighted by Crippen LogP contribution is 2.37. The highest BCUT2D eigenvalue weighted by atomic mass is 19.4. The van der Waals surface area contributed by atoms with Crippen LogP contribution in [0.2, 0.25) is 0 Å². The van der Waals surface area contributed by atoms with E-state index in [1.165, 1.54) is 25.4 Å². The number of amides is 2. The second-order valence-electron chi connectivity index (χ2n) is 9.08. The normalized spacial score (nSPS) is 15.3. The van der Waals surface area contributed by atoms with E-state index in [1.54, 1.807) is 41.0 Å². The van der Waals surface area contributed by atoms with E-state index >= 15 is 0 Å². The highest BCUT2D eigenvalue weighted by molar-refractivity contribution is 5.98. The molecule has 10 nitrogen and oxygen atoms in total. The number of aromatic nitrogens is 2. The lowest BCUT2D eigenvalue weighted by Crippen LogP contribution is -2.51. The topological polar surface area (TPSA) is 141 Å². The van der Waals surface area contributed by atoms with Crippen LogP contribution < -0.4 is 16.2 Å². The summed E-state index contributed by atoms with van der Waals surface area (Å²) in [5.41, 5.74) is 10.4. The number of pyridine rings is 1. The van der Waals surface area contributed by atoms with Gasteiger partial charge in [-0.15, -0.1) is 0 Å². The molecule has 2 amide bonds. The summed E-state index contributed by atoms with van der Waals surface area (Å²) < 4.78 is 50.9. The fraction of sp³-hybridized carbons (Fsp3) is 0.333. The minimum atomic E-state index is -4.64. The zero-order valence-electron chi connectivity index (χ0n) is 21.9. The number of hydrogen-bond acceptors (Lipinski definition) is 8. The van der Waals surface area contributed by atoms with Crippen LogP contribution in [0.3, 0.4) is 0 Å². The van der Waals surface area contributed by atoms with Crippen molar-refractivity contribution in [3.05, 3.63) is 65.8 Å². The number of benzene rings is 1. The van der Waals surface area contributed by atoms with Gasteiger partial charge in [0.15, 0.2) is 11.5 Å². The predicted molar refractivity (Wildman–Crippen MR) is 141 cm³/mol. The molecule has 0 bridgehead atoms. The average Bonchev–Trinajstić information content (AvgIpc) is 3.39. The van der Waals surface area contributed by atoms with Crippen LogP contribution in [0.5, 0.6) is 5.75 Å². The van der Waals surface area contributed by atoms with Crippen molar-refractivity contribution in [2.24, 2.45) is 17.4 Å². The Morgan fingerprint density at radius 3 is 2.42 bits per heavy atom. The number of halogens is 3. The molecule has 1 aliphatic heterocycles. The summed E-state index contributed by atoms with van der Waals surface area (Å²) in [6.45, 7) is 2.91. The third-order valence-corrected chi connectivity index (χ3v) is 6.54. The summed E-state index contributed by atoms with van der Waals surface area (Å²) in [5.74, 6) is -0.540. The zero-order valence-corrected chi connectivity index (χ0v) is 21.9. The Kier molecular flexibility index (Phi) is 8.43.